The number of benzene rings is 2. The molecule has 2 aromatic carbocycles. The molecule has 28 heavy (non-hydrogen) atoms. The van der Waals surface area contributed by atoms with Crippen LogP contribution >= 0.6 is 0 Å². The van der Waals surface area contributed by atoms with Gasteiger partial charge < -0.3 is 15.2 Å². The zero-order chi connectivity index (χ0) is 20.1. The lowest BCUT2D eigenvalue weighted by atomic mass is 10.1. The van der Waals surface area contributed by atoms with Crippen molar-refractivity contribution >= 4 is 17.5 Å². The molecular weight excluding hydrogens is 352 g/mol. The number of hydrogen-bond donors (Lipinski definition) is 2. The Hall–Kier alpha value is -3.41. The minimum atomic E-state index is -0.130. The number of carbonyl (C=O) groups excluding carboxylic acids is 2. The molecule has 3 aromatic rings. The van der Waals surface area contributed by atoms with E-state index in [0.717, 1.165) is 28.3 Å². The molecule has 0 aliphatic carbocycles. The van der Waals surface area contributed by atoms with E-state index >= 15 is 0 Å². The van der Waals surface area contributed by atoms with Crippen LogP contribution in [0, 0.1) is 13.8 Å². The second kappa shape index (κ2) is 8.52. The Kier molecular flexibility index (Phi) is 5.89. The third-order valence-electron chi connectivity index (χ3n) is 4.74. The van der Waals surface area contributed by atoms with E-state index < -0.39 is 0 Å². The van der Waals surface area contributed by atoms with Crippen molar-refractivity contribution in [2.45, 2.75) is 26.7 Å². The van der Waals surface area contributed by atoms with Gasteiger partial charge in [-0.25, -0.2) is 4.98 Å². The summed E-state index contributed by atoms with van der Waals surface area (Å²) in [7, 11) is 1.60. The fourth-order valence-electron chi connectivity index (χ4n) is 2.96. The summed E-state index contributed by atoms with van der Waals surface area (Å²) in [5.41, 5.74) is 5.40. The summed E-state index contributed by atoms with van der Waals surface area (Å²) in [6, 6.07) is 15.0. The van der Waals surface area contributed by atoms with Crippen molar-refractivity contribution in [2.75, 3.05) is 12.4 Å². The number of nitrogens with zero attached hydrogens (tertiary/aromatic N) is 2. The summed E-state index contributed by atoms with van der Waals surface area (Å²) in [6.07, 6.45) is 2.71. The minimum Gasteiger partial charge on any atom is -0.355 e. The number of anilines is 1. The molecule has 0 fully saturated rings. The summed E-state index contributed by atoms with van der Waals surface area (Å²) in [5.74, 6) is -0.192. The predicted molar refractivity (Wildman–Crippen MR) is 110 cm³/mol. The number of nitrogens with one attached hydrogen (secondary N) is 2. The summed E-state index contributed by atoms with van der Waals surface area (Å²) in [4.78, 5) is 28.3. The molecule has 3 rings (SSSR count). The first-order valence-electron chi connectivity index (χ1n) is 9.20. The molecule has 2 amide bonds. The Morgan fingerprint density at radius 3 is 2.46 bits per heavy atom. The van der Waals surface area contributed by atoms with E-state index in [2.05, 4.69) is 15.6 Å². The normalized spacial score (nSPS) is 10.5. The van der Waals surface area contributed by atoms with E-state index in [1.54, 1.807) is 19.4 Å². The summed E-state index contributed by atoms with van der Waals surface area (Å²) in [6.45, 7) is 4.00. The number of aryl methyl sites for hydroxylation is 2. The van der Waals surface area contributed by atoms with Gasteiger partial charge in [-0.05, 0) is 62.2 Å². The van der Waals surface area contributed by atoms with Gasteiger partial charge in [0.2, 0.25) is 5.91 Å². The number of rotatable bonds is 6. The SMILES string of the molecule is CNC(=O)c1cccc(CCC(=O)Nc2ccc(-n3cnc(C)c3C)cc2)c1. The molecule has 6 heteroatoms. The fraction of sp³-hybridized carbons (Fsp3) is 0.227. The van der Waals surface area contributed by atoms with Crippen LogP contribution in [0.15, 0.2) is 54.9 Å². The van der Waals surface area contributed by atoms with Gasteiger partial charge in [-0.3, -0.25) is 9.59 Å². The van der Waals surface area contributed by atoms with Crippen molar-refractivity contribution in [3.05, 3.63) is 77.4 Å². The number of amides is 2. The molecule has 0 saturated carbocycles. The highest BCUT2D eigenvalue weighted by atomic mass is 16.2. The Bertz CT molecular complexity index is 990. The molecular formula is C22H24N4O2. The molecule has 1 heterocycles. The summed E-state index contributed by atoms with van der Waals surface area (Å²) >= 11 is 0. The van der Waals surface area contributed by atoms with E-state index in [1.807, 2.05) is 60.9 Å². The third-order valence-corrected chi connectivity index (χ3v) is 4.74. The quantitative estimate of drug-likeness (QED) is 0.692. The highest BCUT2D eigenvalue weighted by Gasteiger charge is 2.08. The van der Waals surface area contributed by atoms with E-state index in [0.29, 0.717) is 18.4 Å². The average molecular weight is 376 g/mol. The molecule has 0 radical (unpaired) electrons. The van der Waals surface area contributed by atoms with E-state index in [1.165, 1.54) is 0 Å². The maximum atomic E-state index is 12.3. The number of imidazole rings is 1. The van der Waals surface area contributed by atoms with Gasteiger partial charge in [-0.15, -0.1) is 0 Å². The Labute approximate surface area is 164 Å². The van der Waals surface area contributed by atoms with Crippen LogP contribution < -0.4 is 10.6 Å². The van der Waals surface area contributed by atoms with Crippen LogP contribution in [0.25, 0.3) is 5.69 Å². The summed E-state index contributed by atoms with van der Waals surface area (Å²) < 4.78 is 2.01. The zero-order valence-electron chi connectivity index (χ0n) is 16.3. The third kappa shape index (κ3) is 4.46. The van der Waals surface area contributed by atoms with Crippen LogP contribution in [0.1, 0.15) is 33.7 Å². The van der Waals surface area contributed by atoms with E-state index in [-0.39, 0.29) is 11.8 Å². The van der Waals surface area contributed by atoms with Crippen LogP contribution in [0.3, 0.4) is 0 Å². The van der Waals surface area contributed by atoms with Crippen LogP contribution in [-0.4, -0.2) is 28.4 Å². The Morgan fingerprint density at radius 2 is 1.82 bits per heavy atom. The van der Waals surface area contributed by atoms with Gasteiger partial charge in [0.15, 0.2) is 0 Å². The largest absolute Gasteiger partial charge is 0.355 e. The first-order valence-corrected chi connectivity index (χ1v) is 9.20. The van der Waals surface area contributed by atoms with Crippen LogP contribution in [0.4, 0.5) is 5.69 Å². The van der Waals surface area contributed by atoms with Crippen molar-refractivity contribution in [3.8, 4) is 5.69 Å². The predicted octanol–water partition coefficient (Wildman–Crippen LogP) is 3.42. The van der Waals surface area contributed by atoms with Crippen molar-refractivity contribution < 1.29 is 9.59 Å². The molecule has 1 aromatic heterocycles. The van der Waals surface area contributed by atoms with Crippen molar-refractivity contribution in [3.63, 3.8) is 0 Å². The molecule has 0 bridgehead atoms. The average Bonchev–Trinajstić information content (AvgIpc) is 3.05. The van der Waals surface area contributed by atoms with Gasteiger partial charge in [-0.2, -0.15) is 0 Å². The van der Waals surface area contributed by atoms with Crippen LogP contribution in [0.5, 0.6) is 0 Å². The number of carbonyl (C=O) groups is 2. The van der Waals surface area contributed by atoms with Gasteiger partial charge in [0.05, 0.1) is 12.0 Å². The first-order chi connectivity index (χ1) is 13.5. The lowest BCUT2D eigenvalue weighted by Crippen LogP contribution is -2.18. The lowest BCUT2D eigenvalue weighted by Gasteiger charge is -2.09. The van der Waals surface area contributed by atoms with Gasteiger partial charge in [0, 0.05) is 36.1 Å². The van der Waals surface area contributed by atoms with Gasteiger partial charge in [-0.1, -0.05) is 12.1 Å². The molecule has 0 atom stereocenters. The van der Waals surface area contributed by atoms with Gasteiger partial charge in [0.1, 0.15) is 0 Å². The monoisotopic (exact) mass is 376 g/mol. The molecule has 144 valence electrons. The molecule has 0 saturated heterocycles. The Morgan fingerprint density at radius 1 is 1.07 bits per heavy atom. The number of hydrogen-bond acceptors (Lipinski definition) is 3. The second-order valence-electron chi connectivity index (χ2n) is 6.66. The van der Waals surface area contributed by atoms with E-state index in [4.69, 9.17) is 0 Å². The summed E-state index contributed by atoms with van der Waals surface area (Å²) in [5, 5.41) is 5.52. The second-order valence-corrected chi connectivity index (χ2v) is 6.66. The van der Waals surface area contributed by atoms with Crippen LogP contribution in [0.2, 0.25) is 0 Å². The number of aromatic nitrogens is 2. The molecule has 0 unspecified atom stereocenters. The smallest absolute Gasteiger partial charge is 0.251 e. The molecule has 6 nitrogen and oxygen atoms in total. The molecule has 0 aliphatic rings. The molecule has 2 N–H and O–H groups in total. The van der Waals surface area contributed by atoms with Crippen molar-refractivity contribution in [1.82, 2.24) is 14.9 Å². The zero-order valence-corrected chi connectivity index (χ0v) is 16.3. The van der Waals surface area contributed by atoms with Gasteiger partial charge in [0.25, 0.3) is 5.91 Å². The fourth-order valence-corrected chi connectivity index (χ4v) is 2.96. The standard InChI is InChI=1S/C22H24N4O2/c1-15-16(2)26(14-24-15)20-10-8-19(9-11-20)25-21(27)12-7-17-5-4-6-18(13-17)22(28)23-3/h4-6,8-11,13-14H,7,12H2,1-3H3,(H,23,28)(H,25,27). The Balaban J connectivity index is 1.58. The van der Waals surface area contributed by atoms with Crippen molar-refractivity contribution in [1.29, 1.82) is 0 Å². The minimum absolute atomic E-state index is 0.0623. The first kappa shape index (κ1) is 19.4. The van der Waals surface area contributed by atoms with Crippen molar-refractivity contribution in [2.24, 2.45) is 0 Å². The highest BCUT2D eigenvalue weighted by molar-refractivity contribution is 5.94. The van der Waals surface area contributed by atoms with Crippen LogP contribution in [-0.2, 0) is 11.2 Å². The topological polar surface area (TPSA) is 76.0 Å². The molecule has 0 aliphatic heterocycles. The van der Waals surface area contributed by atoms with Gasteiger partial charge >= 0.3 is 0 Å². The highest BCUT2D eigenvalue weighted by Crippen LogP contribution is 2.17. The molecule has 0 spiro atoms. The van der Waals surface area contributed by atoms with E-state index in [9.17, 15) is 9.59 Å². The maximum Gasteiger partial charge on any atom is 0.251 e. The lowest BCUT2D eigenvalue weighted by molar-refractivity contribution is -0.116. The maximum absolute atomic E-state index is 12.3.